The summed E-state index contributed by atoms with van der Waals surface area (Å²) >= 11 is 11.7. The topological polar surface area (TPSA) is 49.1 Å². The molecule has 0 radical (unpaired) electrons. The molecule has 1 aliphatic heterocycles. The minimum Gasteiger partial charge on any atom is -0.276 e. The molecule has 0 bridgehead atoms. The Hall–Kier alpha value is -2.17. The molecule has 1 aliphatic rings. The molecule has 0 unspecified atom stereocenters. The summed E-state index contributed by atoms with van der Waals surface area (Å²) in [6.07, 6.45) is 1.57. The highest BCUT2D eigenvalue weighted by Gasteiger charge is 2.16. The normalized spacial score (nSPS) is 14.0. The fourth-order valence-corrected chi connectivity index (χ4v) is 2.51. The van der Waals surface area contributed by atoms with Gasteiger partial charge in [-0.1, -0.05) is 41.9 Å². The van der Waals surface area contributed by atoms with E-state index in [1.54, 1.807) is 6.21 Å². The van der Waals surface area contributed by atoms with E-state index < -0.39 is 0 Å². The Labute approximate surface area is 144 Å². The third kappa shape index (κ3) is 3.78. The SMILES string of the molecule is ClCC=NNC1=Nc2ccc(Cl)cc2C(c2ccccc2)=NC1. The second kappa shape index (κ2) is 7.40. The molecule has 116 valence electrons. The summed E-state index contributed by atoms with van der Waals surface area (Å²) in [5, 5.41) is 4.66. The lowest BCUT2D eigenvalue weighted by Crippen LogP contribution is -2.20. The predicted molar refractivity (Wildman–Crippen MR) is 97.8 cm³/mol. The van der Waals surface area contributed by atoms with E-state index in [2.05, 4.69) is 15.5 Å². The molecule has 2 aromatic carbocycles. The van der Waals surface area contributed by atoms with Gasteiger partial charge in [0.25, 0.3) is 0 Å². The van der Waals surface area contributed by atoms with Gasteiger partial charge in [0.2, 0.25) is 0 Å². The molecule has 0 aromatic heterocycles. The highest BCUT2D eigenvalue weighted by molar-refractivity contribution is 6.31. The van der Waals surface area contributed by atoms with Crippen molar-refractivity contribution in [2.24, 2.45) is 15.1 Å². The first-order chi connectivity index (χ1) is 11.3. The first-order valence-electron chi connectivity index (χ1n) is 7.09. The van der Waals surface area contributed by atoms with E-state index in [-0.39, 0.29) is 0 Å². The van der Waals surface area contributed by atoms with Gasteiger partial charge in [-0.15, -0.1) is 11.6 Å². The van der Waals surface area contributed by atoms with Crippen LogP contribution in [0.4, 0.5) is 5.69 Å². The second-order valence-corrected chi connectivity index (χ2v) is 5.57. The summed E-state index contributed by atoms with van der Waals surface area (Å²) in [6, 6.07) is 15.6. The third-order valence-corrected chi connectivity index (χ3v) is 3.63. The molecule has 4 nitrogen and oxygen atoms in total. The number of benzene rings is 2. The number of amidine groups is 1. The summed E-state index contributed by atoms with van der Waals surface area (Å²) in [6.45, 7) is 0.399. The Kier molecular flexibility index (Phi) is 5.05. The number of fused-ring (bicyclic) bond motifs is 1. The van der Waals surface area contributed by atoms with E-state index in [4.69, 9.17) is 28.2 Å². The van der Waals surface area contributed by atoms with Gasteiger partial charge in [0.05, 0.1) is 23.8 Å². The summed E-state index contributed by atoms with van der Waals surface area (Å²) in [5.74, 6) is 0.992. The van der Waals surface area contributed by atoms with E-state index in [0.717, 1.165) is 22.5 Å². The van der Waals surface area contributed by atoms with Gasteiger partial charge in [0.15, 0.2) is 0 Å². The van der Waals surface area contributed by atoms with E-state index >= 15 is 0 Å². The molecular formula is C17H14Cl2N4. The van der Waals surface area contributed by atoms with Crippen molar-refractivity contribution in [1.82, 2.24) is 5.43 Å². The Bertz CT molecular complexity index is 782. The van der Waals surface area contributed by atoms with Crippen molar-refractivity contribution in [2.45, 2.75) is 0 Å². The predicted octanol–water partition coefficient (Wildman–Crippen LogP) is 4.04. The number of hydrogen-bond acceptors (Lipinski definition) is 4. The van der Waals surface area contributed by atoms with Crippen LogP contribution in [0.1, 0.15) is 11.1 Å². The van der Waals surface area contributed by atoms with Crippen LogP contribution in [0.5, 0.6) is 0 Å². The number of aliphatic imine (C=N–C) groups is 2. The number of hydrogen-bond donors (Lipinski definition) is 1. The molecule has 1 N–H and O–H groups in total. The molecule has 0 saturated carbocycles. The number of rotatable bonds is 3. The smallest absolute Gasteiger partial charge is 0.144 e. The van der Waals surface area contributed by atoms with Crippen LogP contribution >= 0.6 is 23.2 Å². The fraction of sp³-hybridized carbons (Fsp3) is 0.118. The van der Waals surface area contributed by atoms with Crippen LogP contribution in [-0.2, 0) is 0 Å². The van der Waals surface area contributed by atoms with E-state index in [1.807, 2.05) is 48.5 Å². The lowest BCUT2D eigenvalue weighted by atomic mass is 10.0. The Morgan fingerprint density at radius 3 is 2.78 bits per heavy atom. The van der Waals surface area contributed by atoms with E-state index in [0.29, 0.717) is 23.3 Å². The van der Waals surface area contributed by atoms with Gasteiger partial charge >= 0.3 is 0 Å². The highest BCUT2D eigenvalue weighted by atomic mass is 35.5. The van der Waals surface area contributed by atoms with Crippen molar-refractivity contribution in [2.75, 3.05) is 12.4 Å². The number of alkyl halides is 1. The van der Waals surface area contributed by atoms with Crippen molar-refractivity contribution in [3.8, 4) is 0 Å². The molecule has 0 spiro atoms. The molecule has 23 heavy (non-hydrogen) atoms. The second-order valence-electron chi connectivity index (χ2n) is 4.83. The molecule has 0 amide bonds. The van der Waals surface area contributed by atoms with Crippen LogP contribution in [0.25, 0.3) is 0 Å². The quantitative estimate of drug-likeness (QED) is 0.510. The number of nitrogens with one attached hydrogen (secondary N) is 1. The zero-order valence-electron chi connectivity index (χ0n) is 12.2. The van der Waals surface area contributed by atoms with Gasteiger partial charge < -0.3 is 0 Å². The first-order valence-corrected chi connectivity index (χ1v) is 8.00. The molecule has 0 atom stereocenters. The number of halogens is 2. The van der Waals surface area contributed by atoms with Crippen LogP contribution in [-0.4, -0.2) is 30.2 Å². The zero-order valence-corrected chi connectivity index (χ0v) is 13.7. The van der Waals surface area contributed by atoms with Gasteiger partial charge in [0.1, 0.15) is 5.84 Å². The minimum atomic E-state index is 0.338. The molecule has 3 rings (SSSR count). The van der Waals surface area contributed by atoms with Crippen LogP contribution in [0.2, 0.25) is 5.02 Å². The van der Waals surface area contributed by atoms with Crippen molar-refractivity contribution >= 4 is 46.7 Å². The van der Waals surface area contributed by atoms with Gasteiger partial charge in [-0.05, 0) is 18.2 Å². The standard InChI is InChI=1S/C17H14Cl2N4/c18-8-9-21-23-16-11-20-17(12-4-2-1-3-5-12)14-10-13(19)6-7-15(14)22-16/h1-7,9-10H,8,11H2,(H,22,23). The maximum Gasteiger partial charge on any atom is 0.144 e. The summed E-state index contributed by atoms with van der Waals surface area (Å²) in [5.41, 5.74) is 6.48. The largest absolute Gasteiger partial charge is 0.276 e. The number of hydrazone groups is 1. The van der Waals surface area contributed by atoms with Crippen LogP contribution in [0, 0.1) is 0 Å². The Balaban J connectivity index is 2.05. The van der Waals surface area contributed by atoms with Crippen molar-refractivity contribution in [1.29, 1.82) is 0 Å². The maximum absolute atomic E-state index is 6.16. The average molecular weight is 345 g/mol. The molecule has 1 heterocycles. The van der Waals surface area contributed by atoms with Gasteiger partial charge in [-0.2, -0.15) is 5.10 Å². The summed E-state index contributed by atoms with van der Waals surface area (Å²) in [4.78, 5) is 9.30. The Morgan fingerprint density at radius 2 is 2.00 bits per heavy atom. The average Bonchev–Trinajstić information content (AvgIpc) is 2.75. The fourth-order valence-electron chi connectivity index (χ4n) is 2.27. The van der Waals surface area contributed by atoms with Crippen molar-refractivity contribution < 1.29 is 0 Å². The van der Waals surface area contributed by atoms with Gasteiger partial charge in [0, 0.05) is 22.4 Å². The molecule has 2 aromatic rings. The summed E-state index contributed by atoms with van der Waals surface area (Å²) in [7, 11) is 0. The van der Waals surface area contributed by atoms with Crippen LogP contribution in [0.15, 0.2) is 63.6 Å². The van der Waals surface area contributed by atoms with Crippen molar-refractivity contribution in [3.63, 3.8) is 0 Å². The molecular weight excluding hydrogens is 331 g/mol. The van der Waals surface area contributed by atoms with Crippen LogP contribution in [0.3, 0.4) is 0 Å². The molecule has 6 heteroatoms. The van der Waals surface area contributed by atoms with E-state index in [1.165, 1.54) is 0 Å². The molecule has 0 aliphatic carbocycles. The molecule has 0 saturated heterocycles. The monoisotopic (exact) mass is 344 g/mol. The lowest BCUT2D eigenvalue weighted by Gasteiger charge is -2.08. The highest BCUT2D eigenvalue weighted by Crippen LogP contribution is 2.28. The zero-order chi connectivity index (χ0) is 16.1. The third-order valence-electron chi connectivity index (χ3n) is 3.26. The number of nitrogens with zero attached hydrogens (tertiary/aromatic N) is 3. The first kappa shape index (κ1) is 15.7. The van der Waals surface area contributed by atoms with Gasteiger partial charge in [-0.3, -0.25) is 10.4 Å². The van der Waals surface area contributed by atoms with E-state index in [9.17, 15) is 0 Å². The maximum atomic E-state index is 6.16. The van der Waals surface area contributed by atoms with Gasteiger partial charge in [-0.25, -0.2) is 4.99 Å². The minimum absolute atomic E-state index is 0.338. The van der Waals surface area contributed by atoms with Crippen molar-refractivity contribution in [3.05, 3.63) is 64.7 Å². The lowest BCUT2D eigenvalue weighted by molar-refractivity contribution is 0.997. The van der Waals surface area contributed by atoms with Crippen LogP contribution < -0.4 is 5.43 Å². The Morgan fingerprint density at radius 1 is 1.17 bits per heavy atom. The molecule has 0 fully saturated rings. The summed E-state index contributed by atoms with van der Waals surface area (Å²) < 4.78 is 0.